The van der Waals surface area contributed by atoms with Crippen LogP contribution in [0.3, 0.4) is 0 Å². The summed E-state index contributed by atoms with van der Waals surface area (Å²) in [5.74, 6) is 0.750. The number of carbonyl (C=O) groups excluding carboxylic acids is 1. The van der Waals surface area contributed by atoms with Crippen molar-refractivity contribution in [2.24, 2.45) is 0 Å². The van der Waals surface area contributed by atoms with E-state index in [4.69, 9.17) is 9.47 Å². The summed E-state index contributed by atoms with van der Waals surface area (Å²) >= 11 is 0. The van der Waals surface area contributed by atoms with E-state index in [1.165, 1.54) is 7.11 Å². The molecule has 160 valence electrons. The van der Waals surface area contributed by atoms with Crippen LogP contribution < -0.4 is 19.7 Å². The number of nitrogens with one attached hydrogen (secondary N) is 1. The maximum Gasteiger partial charge on any atom is 0.257 e. The normalized spacial score (nSPS) is 12.8. The maximum absolute atomic E-state index is 13.1. The predicted octanol–water partition coefficient (Wildman–Crippen LogP) is 3.00. The molecule has 0 spiro atoms. The van der Waals surface area contributed by atoms with Crippen molar-refractivity contribution in [3.8, 4) is 22.9 Å². The average molecular weight is 419 g/mol. The van der Waals surface area contributed by atoms with Gasteiger partial charge in [-0.3, -0.25) is 14.8 Å². The number of aromatic nitrogens is 3. The molecule has 3 aromatic heterocycles. The Kier molecular flexibility index (Phi) is 5.97. The molecule has 0 saturated carbocycles. The number of nitrogens with zero attached hydrogens (tertiary/aromatic N) is 4. The van der Waals surface area contributed by atoms with E-state index in [0.29, 0.717) is 22.9 Å². The Morgan fingerprint density at radius 2 is 1.97 bits per heavy atom. The minimum atomic E-state index is -0.178. The Bertz CT molecular complexity index is 1100. The smallest absolute Gasteiger partial charge is 0.257 e. The SMILES string of the molecule is COc1ccc(CNC(=O)c2cc(-c3cncc(C)c3)ncc2N2CCC2)nc1OC. The largest absolute Gasteiger partial charge is 0.491 e. The summed E-state index contributed by atoms with van der Waals surface area (Å²) in [7, 11) is 3.09. The van der Waals surface area contributed by atoms with Gasteiger partial charge in [-0.1, -0.05) is 0 Å². The number of carbonyl (C=O) groups is 1. The van der Waals surface area contributed by atoms with Crippen LogP contribution in [-0.2, 0) is 6.54 Å². The number of rotatable bonds is 7. The van der Waals surface area contributed by atoms with Crippen molar-refractivity contribution >= 4 is 11.6 Å². The van der Waals surface area contributed by atoms with Gasteiger partial charge in [0.2, 0.25) is 0 Å². The van der Waals surface area contributed by atoms with Crippen LogP contribution in [0.4, 0.5) is 5.69 Å². The van der Waals surface area contributed by atoms with Crippen LogP contribution in [-0.4, -0.2) is 48.2 Å². The molecule has 0 radical (unpaired) electrons. The molecule has 1 aliphatic heterocycles. The van der Waals surface area contributed by atoms with Crippen LogP contribution >= 0.6 is 0 Å². The quantitative estimate of drug-likeness (QED) is 0.630. The van der Waals surface area contributed by atoms with Crippen molar-refractivity contribution in [3.63, 3.8) is 0 Å². The van der Waals surface area contributed by atoms with Gasteiger partial charge in [-0.15, -0.1) is 0 Å². The fourth-order valence-electron chi connectivity index (χ4n) is 3.42. The first-order chi connectivity index (χ1) is 15.1. The van der Waals surface area contributed by atoms with Crippen molar-refractivity contribution in [2.45, 2.75) is 19.9 Å². The third kappa shape index (κ3) is 4.42. The number of anilines is 1. The zero-order valence-corrected chi connectivity index (χ0v) is 17.9. The molecule has 0 aromatic carbocycles. The Morgan fingerprint density at radius 1 is 1.13 bits per heavy atom. The monoisotopic (exact) mass is 419 g/mol. The van der Waals surface area contributed by atoms with Crippen molar-refractivity contribution in [3.05, 3.63) is 59.7 Å². The van der Waals surface area contributed by atoms with Gasteiger partial charge in [0.15, 0.2) is 5.75 Å². The van der Waals surface area contributed by atoms with Crippen LogP contribution in [0.1, 0.15) is 28.0 Å². The molecular weight excluding hydrogens is 394 g/mol. The summed E-state index contributed by atoms with van der Waals surface area (Å²) in [6.45, 7) is 4.09. The van der Waals surface area contributed by atoms with Gasteiger partial charge >= 0.3 is 0 Å². The molecule has 1 N–H and O–H groups in total. The molecule has 0 atom stereocenters. The van der Waals surface area contributed by atoms with Gasteiger partial charge in [0.25, 0.3) is 11.8 Å². The van der Waals surface area contributed by atoms with Crippen molar-refractivity contribution < 1.29 is 14.3 Å². The molecule has 1 amide bonds. The molecule has 3 aromatic rings. The summed E-state index contributed by atoms with van der Waals surface area (Å²) in [4.78, 5) is 28.5. The lowest BCUT2D eigenvalue weighted by atomic mass is 10.1. The summed E-state index contributed by atoms with van der Waals surface area (Å²) < 4.78 is 10.5. The molecule has 31 heavy (non-hydrogen) atoms. The highest BCUT2D eigenvalue weighted by Gasteiger charge is 2.23. The van der Waals surface area contributed by atoms with Crippen LogP contribution in [0.5, 0.6) is 11.6 Å². The van der Waals surface area contributed by atoms with E-state index in [2.05, 4.69) is 25.2 Å². The highest BCUT2D eigenvalue weighted by molar-refractivity contribution is 6.00. The number of hydrogen-bond acceptors (Lipinski definition) is 7. The number of ether oxygens (including phenoxy) is 2. The van der Waals surface area contributed by atoms with E-state index in [-0.39, 0.29) is 12.5 Å². The Labute approximate surface area is 181 Å². The second-order valence-electron chi connectivity index (χ2n) is 7.38. The minimum Gasteiger partial charge on any atom is -0.491 e. The zero-order valence-electron chi connectivity index (χ0n) is 17.9. The first-order valence-corrected chi connectivity index (χ1v) is 10.1. The molecule has 1 aliphatic rings. The van der Waals surface area contributed by atoms with Gasteiger partial charge in [-0.2, -0.15) is 0 Å². The molecule has 1 fully saturated rings. The summed E-state index contributed by atoms with van der Waals surface area (Å²) in [5.41, 5.74) is 4.74. The molecular formula is C23H25N5O3. The van der Waals surface area contributed by atoms with E-state index in [0.717, 1.165) is 42.0 Å². The predicted molar refractivity (Wildman–Crippen MR) is 118 cm³/mol. The molecule has 4 rings (SSSR count). The van der Waals surface area contributed by atoms with Gasteiger partial charge in [0.05, 0.1) is 49.6 Å². The highest BCUT2D eigenvalue weighted by atomic mass is 16.5. The van der Waals surface area contributed by atoms with E-state index < -0.39 is 0 Å². The third-order valence-corrected chi connectivity index (χ3v) is 5.22. The van der Waals surface area contributed by atoms with Crippen molar-refractivity contribution in [2.75, 3.05) is 32.2 Å². The third-order valence-electron chi connectivity index (χ3n) is 5.22. The van der Waals surface area contributed by atoms with E-state index in [1.54, 1.807) is 37.8 Å². The molecule has 0 bridgehead atoms. The molecule has 0 unspecified atom stereocenters. The average Bonchev–Trinajstić information content (AvgIpc) is 2.76. The Hall–Kier alpha value is -3.68. The lowest BCUT2D eigenvalue weighted by molar-refractivity contribution is 0.0950. The van der Waals surface area contributed by atoms with Gasteiger partial charge in [0, 0.05) is 31.0 Å². The second-order valence-corrected chi connectivity index (χ2v) is 7.38. The highest BCUT2D eigenvalue weighted by Crippen LogP contribution is 2.29. The molecule has 8 nitrogen and oxygen atoms in total. The lowest BCUT2D eigenvalue weighted by Gasteiger charge is -2.34. The fourth-order valence-corrected chi connectivity index (χ4v) is 3.42. The molecule has 4 heterocycles. The second kappa shape index (κ2) is 8.99. The van der Waals surface area contributed by atoms with Gasteiger partial charge < -0.3 is 19.7 Å². The Balaban J connectivity index is 1.59. The van der Waals surface area contributed by atoms with Crippen molar-refractivity contribution in [1.82, 2.24) is 20.3 Å². The lowest BCUT2D eigenvalue weighted by Crippen LogP contribution is -2.39. The number of hydrogen-bond donors (Lipinski definition) is 1. The number of methoxy groups -OCH3 is 2. The molecule has 1 saturated heterocycles. The fraction of sp³-hybridized carbons (Fsp3) is 0.304. The first-order valence-electron chi connectivity index (χ1n) is 10.1. The summed E-state index contributed by atoms with van der Waals surface area (Å²) in [5, 5.41) is 2.97. The molecule has 8 heteroatoms. The van der Waals surface area contributed by atoms with Gasteiger partial charge in [-0.25, -0.2) is 4.98 Å². The van der Waals surface area contributed by atoms with E-state index in [9.17, 15) is 4.79 Å². The minimum absolute atomic E-state index is 0.178. The van der Waals surface area contributed by atoms with Gasteiger partial charge in [-0.05, 0) is 43.2 Å². The maximum atomic E-state index is 13.1. The summed E-state index contributed by atoms with van der Waals surface area (Å²) in [6.07, 6.45) is 6.44. The van der Waals surface area contributed by atoms with E-state index >= 15 is 0 Å². The van der Waals surface area contributed by atoms with Crippen LogP contribution in [0.25, 0.3) is 11.3 Å². The first kappa shape index (κ1) is 20.6. The molecule has 0 aliphatic carbocycles. The number of pyridine rings is 3. The summed E-state index contributed by atoms with van der Waals surface area (Å²) in [6, 6.07) is 7.41. The zero-order chi connectivity index (χ0) is 21.8. The van der Waals surface area contributed by atoms with Crippen LogP contribution in [0.2, 0.25) is 0 Å². The van der Waals surface area contributed by atoms with Crippen molar-refractivity contribution in [1.29, 1.82) is 0 Å². The number of amides is 1. The van der Waals surface area contributed by atoms with E-state index in [1.807, 2.05) is 19.1 Å². The van der Waals surface area contributed by atoms with Crippen LogP contribution in [0.15, 0.2) is 42.9 Å². The number of aryl methyl sites for hydroxylation is 1. The van der Waals surface area contributed by atoms with Gasteiger partial charge in [0.1, 0.15) is 0 Å². The standard InChI is InChI=1S/C23H25N5O3/c1-15-9-16(12-24-11-15)19-10-18(20(14-25-19)28-7-4-8-28)22(29)26-13-17-5-6-21(30-2)23(27-17)31-3/h5-6,9-12,14H,4,7-8,13H2,1-3H3,(H,26,29). The topological polar surface area (TPSA) is 89.5 Å². The Morgan fingerprint density at radius 3 is 2.65 bits per heavy atom. The van der Waals surface area contributed by atoms with Crippen LogP contribution in [0, 0.1) is 6.92 Å².